The van der Waals surface area contributed by atoms with Gasteiger partial charge in [-0.25, -0.2) is 9.59 Å². The quantitative estimate of drug-likeness (QED) is 0.261. The van der Waals surface area contributed by atoms with E-state index < -0.39 is 60.1 Å². The van der Waals surface area contributed by atoms with E-state index in [1.165, 1.54) is 13.8 Å². The number of carboxylic acid groups (broad SMARTS) is 2. The zero-order chi connectivity index (χ0) is 23.9. The number of carbonyl (C=O) groups excluding carboxylic acids is 3. The number of aliphatic imine (C=N–C) groups is 1. The van der Waals surface area contributed by atoms with Gasteiger partial charge in [-0.2, -0.15) is 0 Å². The maximum Gasteiger partial charge on any atom is 0.344 e. The molecule has 31 heavy (non-hydrogen) atoms. The summed E-state index contributed by atoms with van der Waals surface area (Å²) in [7, 11) is 0. The Kier molecular flexibility index (Phi) is 8.86. The molecule has 0 saturated heterocycles. The number of carboxylic acids is 2. The van der Waals surface area contributed by atoms with E-state index in [1.807, 2.05) is 0 Å². The van der Waals surface area contributed by atoms with E-state index in [-0.39, 0.29) is 30.2 Å². The van der Waals surface area contributed by atoms with Gasteiger partial charge in [0.2, 0.25) is 5.91 Å². The molecule has 1 aliphatic heterocycles. The Bertz CT molecular complexity index is 833. The van der Waals surface area contributed by atoms with Crippen LogP contribution in [0.4, 0.5) is 0 Å². The van der Waals surface area contributed by atoms with Gasteiger partial charge in [0.15, 0.2) is 5.66 Å². The fraction of sp³-hybridized carbons (Fsp3) is 0.579. The number of nitrogens with two attached hydrogens (primary N) is 1. The number of ether oxygens (including phenoxy) is 2. The van der Waals surface area contributed by atoms with Crippen molar-refractivity contribution >= 4 is 35.5 Å². The highest BCUT2D eigenvalue weighted by Gasteiger charge is 2.48. The summed E-state index contributed by atoms with van der Waals surface area (Å²) < 4.78 is 10.0. The fourth-order valence-electron chi connectivity index (χ4n) is 3.16. The van der Waals surface area contributed by atoms with E-state index in [0.29, 0.717) is 0 Å². The van der Waals surface area contributed by atoms with Crippen LogP contribution in [-0.2, 0) is 33.4 Å². The Labute approximate surface area is 178 Å². The molecule has 0 aliphatic carbocycles. The first kappa shape index (κ1) is 25.8. The number of amides is 1. The highest BCUT2D eigenvalue weighted by Crippen LogP contribution is 2.33. The molecule has 0 saturated carbocycles. The molecule has 0 fully saturated rings. The van der Waals surface area contributed by atoms with Gasteiger partial charge in [-0.3, -0.25) is 25.1 Å². The molecule has 5 N–H and O–H groups in total. The van der Waals surface area contributed by atoms with E-state index >= 15 is 0 Å². The molecule has 1 amide bonds. The molecule has 0 bridgehead atoms. The number of aliphatic carboxylic acids is 2. The summed E-state index contributed by atoms with van der Waals surface area (Å²) in [4.78, 5) is 65.0. The van der Waals surface area contributed by atoms with E-state index in [2.05, 4.69) is 10.3 Å². The number of hydrogen-bond donors (Lipinski definition) is 4. The van der Waals surface area contributed by atoms with Crippen LogP contribution in [0.3, 0.4) is 0 Å². The molecule has 0 spiro atoms. The lowest BCUT2D eigenvalue weighted by Crippen LogP contribution is -2.64. The highest BCUT2D eigenvalue weighted by atomic mass is 16.5. The fourth-order valence-corrected chi connectivity index (χ4v) is 3.16. The van der Waals surface area contributed by atoms with Crippen molar-refractivity contribution in [2.45, 2.75) is 46.2 Å². The molecule has 0 radical (unpaired) electrons. The number of nitrogens with one attached hydrogen (secondary N) is 1. The van der Waals surface area contributed by atoms with Crippen LogP contribution in [0.15, 0.2) is 16.3 Å². The molecule has 12 nitrogen and oxygen atoms in total. The predicted octanol–water partition coefficient (Wildman–Crippen LogP) is -0.186. The number of carbonyl (C=O) groups is 5. The Hall–Kier alpha value is -3.28. The summed E-state index contributed by atoms with van der Waals surface area (Å²) in [5.74, 6) is -8.71. The summed E-state index contributed by atoms with van der Waals surface area (Å²) in [6.45, 7) is 5.97. The van der Waals surface area contributed by atoms with Crippen LogP contribution in [-0.4, -0.2) is 64.6 Å². The normalized spacial score (nSPS) is 20.2. The second-order valence-electron chi connectivity index (χ2n) is 6.84. The van der Waals surface area contributed by atoms with Crippen molar-refractivity contribution in [1.29, 1.82) is 0 Å². The van der Waals surface area contributed by atoms with E-state index in [1.54, 1.807) is 13.8 Å². The molecule has 3 atom stereocenters. The maximum absolute atomic E-state index is 13.2. The molecule has 172 valence electrons. The van der Waals surface area contributed by atoms with E-state index in [9.17, 15) is 29.1 Å². The first-order valence-corrected chi connectivity index (χ1v) is 9.55. The van der Waals surface area contributed by atoms with Crippen LogP contribution in [0, 0.1) is 11.8 Å². The molecule has 2 unspecified atom stereocenters. The zero-order valence-electron chi connectivity index (χ0n) is 17.8. The van der Waals surface area contributed by atoms with E-state index in [0.717, 1.165) is 0 Å². The summed E-state index contributed by atoms with van der Waals surface area (Å²) >= 11 is 0. The van der Waals surface area contributed by atoms with Crippen molar-refractivity contribution in [3.05, 3.63) is 11.3 Å². The second-order valence-corrected chi connectivity index (χ2v) is 6.84. The second kappa shape index (κ2) is 10.7. The lowest BCUT2D eigenvalue weighted by Gasteiger charge is -2.33. The van der Waals surface area contributed by atoms with Gasteiger partial charge in [-0.05, 0) is 27.7 Å². The van der Waals surface area contributed by atoms with Gasteiger partial charge in [0.1, 0.15) is 5.92 Å². The third-order valence-corrected chi connectivity index (χ3v) is 4.61. The number of esters is 2. The van der Waals surface area contributed by atoms with Gasteiger partial charge in [0.25, 0.3) is 0 Å². The largest absolute Gasteiger partial charge is 0.481 e. The Balaban J connectivity index is 3.47. The van der Waals surface area contributed by atoms with Crippen LogP contribution < -0.4 is 11.1 Å². The number of allylic oxidation sites excluding steroid dienone is 1. The van der Waals surface area contributed by atoms with Crippen molar-refractivity contribution < 1.29 is 43.7 Å². The van der Waals surface area contributed by atoms with Gasteiger partial charge in [0.05, 0.1) is 24.7 Å². The smallest absolute Gasteiger partial charge is 0.344 e. The minimum Gasteiger partial charge on any atom is -0.481 e. The number of hydrogen-bond acceptors (Lipinski definition) is 9. The van der Waals surface area contributed by atoms with Crippen LogP contribution in [0.2, 0.25) is 0 Å². The summed E-state index contributed by atoms with van der Waals surface area (Å²) in [6.07, 6.45) is -1.28. The molecule has 0 aromatic carbocycles. The molecule has 1 rings (SSSR count). The first-order valence-electron chi connectivity index (χ1n) is 9.55. The molecule has 0 aromatic heterocycles. The minimum atomic E-state index is -2.45. The van der Waals surface area contributed by atoms with Gasteiger partial charge in [-0.1, -0.05) is 0 Å². The minimum absolute atomic E-state index is 0.0110. The SMILES string of the molecule is CCOC(=O)C1=C(C)N=C(C)C(C(=O)OCC)C1C(=O)N[C@](N)(CCC(=O)O)C(=O)O. The molecule has 1 heterocycles. The molecule has 1 aliphatic rings. The summed E-state index contributed by atoms with van der Waals surface area (Å²) in [6, 6.07) is 0. The van der Waals surface area contributed by atoms with Crippen molar-refractivity contribution in [1.82, 2.24) is 5.32 Å². The van der Waals surface area contributed by atoms with Crippen LogP contribution in [0.1, 0.15) is 40.5 Å². The maximum atomic E-state index is 13.2. The Morgan fingerprint density at radius 1 is 1.06 bits per heavy atom. The Morgan fingerprint density at radius 3 is 2.13 bits per heavy atom. The predicted molar refractivity (Wildman–Crippen MR) is 106 cm³/mol. The van der Waals surface area contributed by atoms with Gasteiger partial charge in [0, 0.05) is 24.3 Å². The summed E-state index contributed by atoms with van der Waals surface area (Å²) in [5.41, 5.74) is 3.34. The lowest BCUT2D eigenvalue weighted by molar-refractivity contribution is -0.152. The van der Waals surface area contributed by atoms with Crippen LogP contribution >= 0.6 is 0 Å². The van der Waals surface area contributed by atoms with Crippen molar-refractivity contribution in [3.8, 4) is 0 Å². The van der Waals surface area contributed by atoms with Crippen molar-refractivity contribution in [2.75, 3.05) is 13.2 Å². The lowest BCUT2D eigenvalue weighted by atomic mass is 9.78. The molecule has 0 aromatic rings. The average Bonchev–Trinajstić information content (AvgIpc) is 2.65. The monoisotopic (exact) mass is 441 g/mol. The number of nitrogens with zero attached hydrogens (tertiary/aromatic N) is 1. The number of rotatable bonds is 10. The third-order valence-electron chi connectivity index (χ3n) is 4.61. The first-order chi connectivity index (χ1) is 14.4. The molecular weight excluding hydrogens is 414 g/mol. The van der Waals surface area contributed by atoms with Crippen LogP contribution in [0.5, 0.6) is 0 Å². The third kappa shape index (κ3) is 6.10. The van der Waals surface area contributed by atoms with Crippen LogP contribution in [0.25, 0.3) is 0 Å². The standard InChI is InChI=1S/C19H27N3O9/c1-5-30-16(26)12-9(3)21-10(4)13(17(27)31-6-2)14(12)15(25)22-19(20,18(28)29)8-7-11(23)24/h12,14H,5-8,20H2,1-4H3,(H,22,25)(H,23,24)(H,28,29)/t12?,14?,19-/m1/s1. The topological polar surface area (TPSA) is 195 Å². The van der Waals surface area contributed by atoms with Gasteiger partial charge >= 0.3 is 23.9 Å². The summed E-state index contributed by atoms with van der Waals surface area (Å²) in [5, 5.41) is 20.4. The van der Waals surface area contributed by atoms with Gasteiger partial charge < -0.3 is 25.0 Å². The molecular formula is C19H27N3O9. The average molecular weight is 441 g/mol. The zero-order valence-corrected chi connectivity index (χ0v) is 17.8. The van der Waals surface area contributed by atoms with Gasteiger partial charge in [-0.15, -0.1) is 0 Å². The van der Waals surface area contributed by atoms with Crippen molar-refractivity contribution in [3.63, 3.8) is 0 Å². The Morgan fingerprint density at radius 2 is 1.65 bits per heavy atom. The highest BCUT2D eigenvalue weighted by molar-refractivity contribution is 6.11. The van der Waals surface area contributed by atoms with Crippen molar-refractivity contribution in [2.24, 2.45) is 22.6 Å². The molecule has 12 heteroatoms. The van der Waals surface area contributed by atoms with E-state index in [4.69, 9.17) is 20.3 Å².